The summed E-state index contributed by atoms with van der Waals surface area (Å²) in [5.74, 6) is 0. The van der Waals surface area contributed by atoms with Gasteiger partial charge in [0.15, 0.2) is 24.8 Å². The highest BCUT2D eigenvalue weighted by atomic mass is 32.3. The predicted octanol–water partition coefficient (Wildman–Crippen LogP) is 2.40. The van der Waals surface area contributed by atoms with Gasteiger partial charge in [0.05, 0.1) is 0 Å². The van der Waals surface area contributed by atoms with E-state index in [9.17, 15) is 16.8 Å². The van der Waals surface area contributed by atoms with Gasteiger partial charge in [-0.2, -0.15) is 0 Å². The monoisotopic (exact) mass is 280 g/mol. The first-order valence-corrected chi connectivity index (χ1v) is 9.04. The van der Waals surface area contributed by atoms with E-state index in [0.717, 1.165) is 23.7 Å². The number of hydrogen-bond donors (Lipinski definition) is 0. The molecule has 4 nitrogen and oxygen atoms in total. The first-order chi connectivity index (χ1) is 7.83. The zero-order valence-corrected chi connectivity index (χ0v) is 11.9. The molecule has 0 aromatic rings. The van der Waals surface area contributed by atoms with Crippen LogP contribution in [-0.2, 0) is 19.7 Å². The second-order valence-electron chi connectivity index (χ2n) is 3.76. The molecule has 6 heteroatoms. The molecule has 0 saturated carbocycles. The fourth-order valence-electron chi connectivity index (χ4n) is 1.07. The van der Waals surface area contributed by atoms with Crippen molar-refractivity contribution in [3.05, 3.63) is 23.0 Å². The van der Waals surface area contributed by atoms with Gasteiger partial charge in [-0.25, -0.2) is 16.8 Å². The van der Waals surface area contributed by atoms with Crippen LogP contribution >= 0.6 is 0 Å². The maximum absolute atomic E-state index is 11.5. The van der Waals surface area contributed by atoms with Crippen molar-refractivity contribution in [1.82, 2.24) is 0 Å². The number of sulfone groups is 2. The molecule has 0 N–H and O–H groups in total. The van der Waals surface area contributed by atoms with Crippen molar-refractivity contribution >= 4 is 19.7 Å². The predicted molar refractivity (Wildman–Crippen MR) is 70.8 cm³/mol. The molecular formula is C11H20O4S2. The third-order valence-corrected chi connectivity index (χ3v) is 5.69. The Hall–Kier alpha value is -0.620. The lowest BCUT2D eigenvalue weighted by Gasteiger charge is -1.97. The Bertz CT molecular complexity index is 412. The summed E-state index contributed by atoms with van der Waals surface area (Å²) < 4.78 is 45.8. The molecule has 0 heterocycles. The minimum Gasteiger partial charge on any atom is -0.223 e. The van der Waals surface area contributed by atoms with E-state index < -0.39 is 24.8 Å². The first kappa shape index (κ1) is 16.4. The van der Waals surface area contributed by atoms with E-state index in [1.165, 1.54) is 12.2 Å². The summed E-state index contributed by atoms with van der Waals surface area (Å²) in [6.07, 6.45) is 5.89. The summed E-state index contributed by atoms with van der Waals surface area (Å²) in [6, 6.07) is 0. The van der Waals surface area contributed by atoms with E-state index in [4.69, 9.17) is 0 Å². The smallest absolute Gasteiger partial charge is 0.185 e. The van der Waals surface area contributed by atoms with Crippen molar-refractivity contribution in [1.29, 1.82) is 0 Å². The van der Waals surface area contributed by atoms with Crippen LogP contribution in [0.15, 0.2) is 23.0 Å². The molecule has 0 unspecified atom stereocenters. The van der Waals surface area contributed by atoms with Crippen LogP contribution in [0, 0.1) is 0 Å². The third-order valence-electron chi connectivity index (χ3n) is 1.85. The molecule has 0 radical (unpaired) electrons. The Kier molecular flexibility index (Phi) is 7.38. The number of allylic oxidation sites excluding steroid dienone is 2. The molecule has 0 aliphatic heterocycles. The van der Waals surface area contributed by atoms with E-state index in [0.29, 0.717) is 12.8 Å². The Morgan fingerprint density at radius 2 is 1.12 bits per heavy atom. The fourth-order valence-corrected chi connectivity index (χ4v) is 4.39. The second kappa shape index (κ2) is 7.66. The molecule has 0 atom stereocenters. The van der Waals surface area contributed by atoms with Crippen molar-refractivity contribution in [2.75, 3.05) is 5.08 Å². The Labute approximate surface area is 104 Å². The van der Waals surface area contributed by atoms with Gasteiger partial charge in [-0.3, -0.25) is 0 Å². The SMILES string of the molecule is CCC/C=C/S(=O)(=O)CS(=O)(=O)/C=C/CCC. The minimum absolute atomic E-state index is 0.630. The van der Waals surface area contributed by atoms with Crippen molar-refractivity contribution in [3.63, 3.8) is 0 Å². The van der Waals surface area contributed by atoms with E-state index in [-0.39, 0.29) is 0 Å². The van der Waals surface area contributed by atoms with Crippen LogP contribution in [-0.4, -0.2) is 21.9 Å². The summed E-state index contributed by atoms with van der Waals surface area (Å²) in [5, 5.41) is 1.13. The van der Waals surface area contributed by atoms with Gasteiger partial charge >= 0.3 is 0 Å². The van der Waals surface area contributed by atoms with Gasteiger partial charge in [0.2, 0.25) is 0 Å². The van der Waals surface area contributed by atoms with Crippen LogP contribution in [0.4, 0.5) is 0 Å². The highest BCUT2D eigenvalue weighted by Crippen LogP contribution is 2.04. The van der Waals surface area contributed by atoms with Gasteiger partial charge in [-0.05, 0) is 12.8 Å². The summed E-state index contributed by atoms with van der Waals surface area (Å²) in [4.78, 5) is 0. The average Bonchev–Trinajstić information content (AvgIpc) is 2.16. The van der Waals surface area contributed by atoms with Gasteiger partial charge < -0.3 is 0 Å². The molecular weight excluding hydrogens is 260 g/mol. The van der Waals surface area contributed by atoms with Gasteiger partial charge in [0, 0.05) is 10.8 Å². The molecule has 0 bridgehead atoms. The molecule has 17 heavy (non-hydrogen) atoms. The largest absolute Gasteiger partial charge is 0.223 e. The highest BCUT2D eigenvalue weighted by molar-refractivity contribution is 8.10. The van der Waals surface area contributed by atoms with Crippen molar-refractivity contribution in [2.24, 2.45) is 0 Å². The van der Waals surface area contributed by atoms with Gasteiger partial charge in [0.1, 0.15) is 0 Å². The summed E-state index contributed by atoms with van der Waals surface area (Å²) in [7, 11) is -7.34. The molecule has 0 aromatic heterocycles. The van der Waals surface area contributed by atoms with Gasteiger partial charge in [0.25, 0.3) is 0 Å². The zero-order valence-electron chi connectivity index (χ0n) is 10.3. The Morgan fingerprint density at radius 1 is 0.765 bits per heavy atom. The lowest BCUT2D eigenvalue weighted by atomic mass is 10.3. The maximum atomic E-state index is 11.5. The topological polar surface area (TPSA) is 68.3 Å². The Morgan fingerprint density at radius 3 is 1.41 bits per heavy atom. The molecule has 0 rings (SSSR count). The third kappa shape index (κ3) is 9.12. The van der Waals surface area contributed by atoms with Gasteiger partial charge in [-0.1, -0.05) is 38.8 Å². The van der Waals surface area contributed by atoms with Crippen LogP contribution in [0.5, 0.6) is 0 Å². The standard InChI is InChI=1S/C11H20O4S2/c1-3-5-7-9-16(12,13)11-17(14,15)10-8-6-4-2/h7-10H,3-6,11H2,1-2H3/b9-7+,10-8+. The van der Waals surface area contributed by atoms with Crippen LogP contribution in [0.2, 0.25) is 0 Å². The van der Waals surface area contributed by atoms with E-state index in [1.807, 2.05) is 13.8 Å². The summed E-state index contributed by atoms with van der Waals surface area (Å²) in [5.41, 5.74) is 0. The van der Waals surface area contributed by atoms with Crippen molar-refractivity contribution in [2.45, 2.75) is 39.5 Å². The molecule has 0 amide bonds. The van der Waals surface area contributed by atoms with E-state index >= 15 is 0 Å². The Balaban J connectivity index is 4.61. The van der Waals surface area contributed by atoms with Crippen molar-refractivity contribution < 1.29 is 16.8 Å². The molecule has 0 aliphatic carbocycles. The molecule has 0 saturated heterocycles. The molecule has 0 fully saturated rings. The highest BCUT2D eigenvalue weighted by Gasteiger charge is 2.16. The fraction of sp³-hybridized carbons (Fsp3) is 0.636. The lowest BCUT2D eigenvalue weighted by molar-refractivity contribution is 0.598. The lowest BCUT2D eigenvalue weighted by Crippen LogP contribution is -2.11. The number of rotatable bonds is 8. The first-order valence-electron chi connectivity index (χ1n) is 5.61. The maximum Gasteiger partial charge on any atom is 0.185 e. The van der Waals surface area contributed by atoms with E-state index in [1.54, 1.807) is 0 Å². The summed E-state index contributed by atoms with van der Waals surface area (Å²) >= 11 is 0. The molecule has 0 aromatic carbocycles. The van der Waals surface area contributed by atoms with Crippen LogP contribution in [0.1, 0.15) is 39.5 Å². The zero-order chi connectivity index (χ0) is 13.4. The van der Waals surface area contributed by atoms with E-state index in [2.05, 4.69) is 0 Å². The van der Waals surface area contributed by atoms with Crippen LogP contribution in [0.3, 0.4) is 0 Å². The van der Waals surface area contributed by atoms with Gasteiger partial charge in [-0.15, -0.1) is 0 Å². The van der Waals surface area contributed by atoms with Crippen LogP contribution < -0.4 is 0 Å². The number of hydrogen-bond acceptors (Lipinski definition) is 4. The van der Waals surface area contributed by atoms with Crippen LogP contribution in [0.25, 0.3) is 0 Å². The minimum atomic E-state index is -3.67. The summed E-state index contributed by atoms with van der Waals surface area (Å²) in [6.45, 7) is 3.84. The molecule has 0 spiro atoms. The quantitative estimate of drug-likeness (QED) is 0.684. The second-order valence-corrected chi connectivity index (χ2v) is 7.90. The molecule has 100 valence electrons. The normalized spacial score (nSPS) is 13.8. The molecule has 0 aliphatic rings. The average molecular weight is 280 g/mol. The van der Waals surface area contributed by atoms with Crippen molar-refractivity contribution in [3.8, 4) is 0 Å². The number of unbranched alkanes of at least 4 members (excludes halogenated alkanes) is 2.